The summed E-state index contributed by atoms with van der Waals surface area (Å²) in [7, 11) is 0. The predicted molar refractivity (Wildman–Crippen MR) is 176 cm³/mol. The Hall–Kier alpha value is -4.82. The van der Waals surface area contributed by atoms with E-state index in [9.17, 15) is 35.1 Å². The van der Waals surface area contributed by atoms with Crippen LogP contribution in [0.15, 0.2) is 109 Å². The number of aliphatic hydroxyl groups is 5. The molecule has 50 heavy (non-hydrogen) atoms. The van der Waals surface area contributed by atoms with Crippen molar-refractivity contribution in [2.75, 3.05) is 13.2 Å². The van der Waals surface area contributed by atoms with Gasteiger partial charge < -0.3 is 49.2 Å². The van der Waals surface area contributed by atoms with Gasteiger partial charge in [0.25, 0.3) is 0 Å². The molecular weight excluding hydrogens is 648 g/mol. The number of carbonyl (C=O) groups is 2. The monoisotopic (exact) mass is 686 g/mol. The van der Waals surface area contributed by atoms with Crippen LogP contribution in [0.3, 0.4) is 0 Å². The lowest BCUT2D eigenvalue weighted by atomic mass is 9.49. The molecule has 1 aliphatic heterocycles. The Morgan fingerprint density at radius 1 is 0.620 bits per heavy atom. The normalized spacial score (nSPS) is 28.4. The highest BCUT2D eigenvalue weighted by Crippen LogP contribution is 2.56. The standard InChI is InChI=1S/C38H38O12/c1-24-33(41)34-36(24,43)38(45,32(40)23-49-30-18-14-28(15-19-30)47-21-26-10-6-3-7-11-26)37(44,35(42)50-34)31(39)22-48-29-16-12-27(13-17-29)46-20-25-8-4-2-5-9-25/h2-19,24,33-35,41-45H,20-23H2,1H3/t24?,33?,34-,35-,36-,37+,38+/m1/s1. The lowest BCUT2D eigenvalue weighted by Crippen LogP contribution is -2.93. The highest BCUT2D eigenvalue weighted by atomic mass is 16.7. The number of benzene rings is 4. The number of hydrogen-bond donors (Lipinski definition) is 5. The minimum Gasteiger partial charge on any atom is -0.489 e. The second-order valence-electron chi connectivity index (χ2n) is 12.4. The van der Waals surface area contributed by atoms with Crippen molar-refractivity contribution in [1.29, 1.82) is 0 Å². The van der Waals surface area contributed by atoms with E-state index in [1.54, 1.807) is 24.3 Å². The minimum absolute atomic E-state index is 0.165. The molecule has 262 valence electrons. The number of ether oxygens (including phenoxy) is 5. The molecule has 0 aromatic heterocycles. The smallest absolute Gasteiger partial charge is 0.216 e. The van der Waals surface area contributed by atoms with Crippen molar-refractivity contribution in [3.8, 4) is 23.0 Å². The quantitative estimate of drug-likeness (QED) is 0.131. The highest BCUT2D eigenvalue weighted by molar-refractivity contribution is 6.02. The van der Waals surface area contributed by atoms with Gasteiger partial charge in [-0.1, -0.05) is 67.6 Å². The third kappa shape index (κ3) is 6.22. The highest BCUT2D eigenvalue weighted by Gasteiger charge is 2.84. The summed E-state index contributed by atoms with van der Waals surface area (Å²) in [5.41, 5.74) is -7.59. The summed E-state index contributed by atoms with van der Waals surface area (Å²) in [4.78, 5) is 27.5. The van der Waals surface area contributed by atoms with Crippen molar-refractivity contribution in [1.82, 2.24) is 0 Å². The molecule has 4 aromatic carbocycles. The van der Waals surface area contributed by atoms with Crippen LogP contribution in [-0.2, 0) is 27.5 Å². The zero-order valence-electron chi connectivity index (χ0n) is 27.1. The Balaban J connectivity index is 1.14. The molecule has 2 aliphatic rings. The van der Waals surface area contributed by atoms with E-state index < -0.39 is 66.0 Å². The maximum atomic E-state index is 13.8. The number of fused-ring (bicyclic) bond motifs is 1. The fraction of sp³-hybridized carbons (Fsp3) is 0.316. The Bertz CT molecular complexity index is 1770. The first-order chi connectivity index (χ1) is 24.0. The largest absolute Gasteiger partial charge is 0.489 e. The van der Waals surface area contributed by atoms with Gasteiger partial charge in [0.2, 0.25) is 17.2 Å². The van der Waals surface area contributed by atoms with E-state index in [-0.39, 0.29) is 11.5 Å². The second kappa shape index (κ2) is 14.2. The van der Waals surface area contributed by atoms with Gasteiger partial charge in [-0.25, -0.2) is 0 Å². The van der Waals surface area contributed by atoms with Crippen LogP contribution in [0.25, 0.3) is 0 Å². The van der Waals surface area contributed by atoms with Crippen LogP contribution in [0.5, 0.6) is 23.0 Å². The Morgan fingerprint density at radius 3 is 1.46 bits per heavy atom. The van der Waals surface area contributed by atoms with Crippen LogP contribution in [0.4, 0.5) is 0 Å². The zero-order valence-corrected chi connectivity index (χ0v) is 27.1. The van der Waals surface area contributed by atoms with Crippen LogP contribution >= 0.6 is 0 Å². The molecule has 6 rings (SSSR count). The summed E-state index contributed by atoms with van der Waals surface area (Å²) in [6.07, 6.45) is -5.67. The van der Waals surface area contributed by atoms with E-state index in [4.69, 9.17) is 23.7 Å². The Labute approximate surface area is 288 Å². The van der Waals surface area contributed by atoms with Crippen molar-refractivity contribution in [3.05, 3.63) is 120 Å². The van der Waals surface area contributed by atoms with Gasteiger partial charge in [-0.3, -0.25) is 9.59 Å². The molecule has 7 atom stereocenters. The minimum atomic E-state index is -3.43. The van der Waals surface area contributed by atoms with Gasteiger partial charge in [0.1, 0.15) is 61.1 Å². The van der Waals surface area contributed by atoms with Crippen molar-refractivity contribution in [2.24, 2.45) is 5.92 Å². The molecule has 1 saturated carbocycles. The number of hydrogen-bond acceptors (Lipinski definition) is 12. The molecule has 4 aromatic rings. The average Bonchev–Trinajstić information content (AvgIpc) is 3.16. The predicted octanol–water partition coefficient (Wildman–Crippen LogP) is 2.36. The molecule has 0 spiro atoms. The third-order valence-electron chi connectivity index (χ3n) is 9.43. The number of Topliss-reactive ketones (excluding diaryl/α,β-unsaturated/α-hetero) is 2. The Morgan fingerprint density at radius 2 is 1.02 bits per heavy atom. The van der Waals surface area contributed by atoms with Crippen molar-refractivity contribution in [3.63, 3.8) is 0 Å². The lowest BCUT2D eigenvalue weighted by Gasteiger charge is -2.66. The molecule has 1 aliphatic carbocycles. The third-order valence-corrected chi connectivity index (χ3v) is 9.43. The van der Waals surface area contributed by atoms with E-state index in [1.807, 2.05) is 60.7 Å². The van der Waals surface area contributed by atoms with Gasteiger partial charge in [-0.05, 0) is 59.7 Å². The van der Waals surface area contributed by atoms with Gasteiger partial charge in [-0.2, -0.15) is 0 Å². The zero-order chi connectivity index (χ0) is 35.5. The summed E-state index contributed by atoms with van der Waals surface area (Å²) in [6.45, 7) is 0.0715. The van der Waals surface area contributed by atoms with Crippen molar-refractivity contribution < 1.29 is 58.8 Å². The van der Waals surface area contributed by atoms with E-state index in [0.29, 0.717) is 24.7 Å². The van der Waals surface area contributed by atoms with Crippen molar-refractivity contribution in [2.45, 2.75) is 55.4 Å². The van der Waals surface area contributed by atoms with Gasteiger partial charge in [0.15, 0.2) is 11.9 Å². The molecule has 0 amide bonds. The lowest BCUT2D eigenvalue weighted by molar-refractivity contribution is -0.428. The summed E-state index contributed by atoms with van der Waals surface area (Å²) in [5, 5.41) is 56.9. The number of carbonyl (C=O) groups excluding carboxylic acids is 2. The van der Waals surface area contributed by atoms with E-state index in [1.165, 1.54) is 31.2 Å². The number of ketones is 2. The first-order valence-corrected chi connectivity index (χ1v) is 16.0. The van der Waals surface area contributed by atoms with Gasteiger partial charge in [0, 0.05) is 5.92 Å². The van der Waals surface area contributed by atoms with Crippen LogP contribution in [0.2, 0.25) is 0 Å². The second-order valence-corrected chi connectivity index (χ2v) is 12.4. The average molecular weight is 687 g/mol. The van der Waals surface area contributed by atoms with Gasteiger partial charge in [-0.15, -0.1) is 0 Å². The van der Waals surface area contributed by atoms with Crippen LogP contribution < -0.4 is 18.9 Å². The molecule has 5 N–H and O–H groups in total. The molecule has 12 heteroatoms. The van der Waals surface area contributed by atoms with Crippen LogP contribution in [-0.4, -0.2) is 85.6 Å². The number of rotatable bonds is 14. The van der Waals surface area contributed by atoms with Crippen molar-refractivity contribution >= 4 is 11.6 Å². The fourth-order valence-electron chi connectivity index (χ4n) is 6.40. The summed E-state index contributed by atoms with van der Waals surface area (Å²) in [5.74, 6) is -2.61. The maximum Gasteiger partial charge on any atom is 0.216 e. The molecule has 1 heterocycles. The maximum absolute atomic E-state index is 13.8. The van der Waals surface area contributed by atoms with Gasteiger partial charge in [0.05, 0.1) is 6.10 Å². The summed E-state index contributed by atoms with van der Waals surface area (Å²) >= 11 is 0. The molecular formula is C38H38O12. The molecule has 1 saturated heterocycles. The van der Waals surface area contributed by atoms with Crippen LogP contribution in [0.1, 0.15) is 18.1 Å². The first kappa shape index (κ1) is 35.0. The summed E-state index contributed by atoms with van der Waals surface area (Å²) in [6, 6.07) is 31.5. The molecule has 2 unspecified atom stereocenters. The summed E-state index contributed by atoms with van der Waals surface area (Å²) < 4.78 is 27.9. The van der Waals surface area contributed by atoms with E-state index >= 15 is 0 Å². The molecule has 0 radical (unpaired) electrons. The number of aliphatic hydroxyl groups excluding tert-OH is 2. The van der Waals surface area contributed by atoms with Gasteiger partial charge >= 0.3 is 0 Å². The topological polar surface area (TPSA) is 181 Å². The fourth-order valence-corrected chi connectivity index (χ4v) is 6.40. The van der Waals surface area contributed by atoms with Crippen LogP contribution in [0, 0.1) is 5.92 Å². The molecule has 2 fully saturated rings. The molecule has 0 bridgehead atoms. The van der Waals surface area contributed by atoms with E-state index in [2.05, 4.69) is 0 Å². The SMILES string of the molecule is CC1C(O)[C@H]2O[C@@H](O)[C@@](O)(C(=O)COc3ccc(OCc4ccccc4)cc3)[C@](O)(C(=O)COc3ccc(OCc4ccccc4)cc3)[C@@]12O. The van der Waals surface area contributed by atoms with E-state index in [0.717, 1.165) is 11.1 Å². The Kier molecular flexibility index (Phi) is 9.94. The molecule has 12 nitrogen and oxygen atoms in total. The first-order valence-electron chi connectivity index (χ1n) is 16.0.